The highest BCUT2D eigenvalue weighted by molar-refractivity contribution is 7.89. The van der Waals surface area contributed by atoms with Crippen LogP contribution in [0.4, 0.5) is 0 Å². The third-order valence-corrected chi connectivity index (χ3v) is 4.92. The Balaban J connectivity index is 2.06. The van der Waals surface area contributed by atoms with E-state index in [1.807, 2.05) is 6.07 Å². The van der Waals surface area contributed by atoms with E-state index in [2.05, 4.69) is 9.82 Å². The molecule has 0 fully saturated rings. The van der Waals surface area contributed by atoms with Crippen LogP contribution >= 0.6 is 11.6 Å². The van der Waals surface area contributed by atoms with Gasteiger partial charge >= 0.3 is 0 Å². The van der Waals surface area contributed by atoms with Crippen molar-refractivity contribution in [2.75, 3.05) is 6.54 Å². The molecule has 114 valence electrons. The number of nitrogens with zero attached hydrogens (tertiary/aromatic N) is 2. The molecule has 0 saturated carbocycles. The first-order valence-corrected chi connectivity index (χ1v) is 8.16. The second-order valence-corrected chi connectivity index (χ2v) is 6.68. The van der Waals surface area contributed by atoms with Crippen molar-refractivity contribution in [3.63, 3.8) is 0 Å². The lowest BCUT2D eigenvalue weighted by molar-refractivity contribution is 0.281. The Morgan fingerprint density at radius 2 is 2.14 bits per heavy atom. The molecule has 0 radical (unpaired) electrons. The second kappa shape index (κ2) is 6.57. The van der Waals surface area contributed by atoms with Crippen LogP contribution < -0.4 is 4.72 Å². The number of aryl methyl sites for hydroxylation is 1. The average molecular weight is 330 g/mol. The normalized spacial score (nSPS) is 11.8. The van der Waals surface area contributed by atoms with E-state index < -0.39 is 10.0 Å². The number of sulfonamides is 1. The topological polar surface area (TPSA) is 84.2 Å². The molecular formula is C13H16ClN3O3S. The van der Waals surface area contributed by atoms with Crippen molar-refractivity contribution < 1.29 is 13.5 Å². The van der Waals surface area contributed by atoms with Gasteiger partial charge < -0.3 is 5.11 Å². The summed E-state index contributed by atoms with van der Waals surface area (Å²) in [6.45, 7) is -0.0455. The van der Waals surface area contributed by atoms with E-state index in [0.717, 1.165) is 5.69 Å². The Kier molecular flexibility index (Phi) is 5.00. The Hall–Kier alpha value is -1.41. The number of benzene rings is 1. The first kappa shape index (κ1) is 16.0. The van der Waals surface area contributed by atoms with Crippen molar-refractivity contribution >= 4 is 21.6 Å². The number of aliphatic hydroxyl groups is 1. The first-order chi connectivity index (χ1) is 9.94. The summed E-state index contributed by atoms with van der Waals surface area (Å²) in [6.07, 6.45) is 2.20. The maximum Gasteiger partial charge on any atom is 0.240 e. The Morgan fingerprint density at radius 3 is 2.76 bits per heavy atom. The highest BCUT2D eigenvalue weighted by Crippen LogP contribution is 2.20. The number of nitrogens with one attached hydrogen (secondary N) is 1. The van der Waals surface area contributed by atoms with Crippen molar-refractivity contribution in [2.24, 2.45) is 7.05 Å². The lowest BCUT2D eigenvalue weighted by atomic mass is 10.2. The van der Waals surface area contributed by atoms with Gasteiger partial charge in [-0.15, -0.1) is 0 Å². The summed E-state index contributed by atoms with van der Waals surface area (Å²) in [5, 5.41) is 13.5. The van der Waals surface area contributed by atoms with E-state index in [9.17, 15) is 8.42 Å². The Labute approximate surface area is 128 Å². The molecule has 0 atom stereocenters. The molecule has 1 aromatic heterocycles. The molecule has 0 aliphatic carbocycles. The van der Waals surface area contributed by atoms with Gasteiger partial charge in [-0.25, -0.2) is 13.1 Å². The van der Waals surface area contributed by atoms with Gasteiger partial charge in [-0.2, -0.15) is 5.10 Å². The molecule has 21 heavy (non-hydrogen) atoms. The van der Waals surface area contributed by atoms with Crippen LogP contribution in [0.2, 0.25) is 5.02 Å². The fourth-order valence-corrected chi connectivity index (χ4v) is 3.14. The van der Waals surface area contributed by atoms with Crippen molar-refractivity contribution in [3.8, 4) is 0 Å². The summed E-state index contributed by atoms with van der Waals surface area (Å²) >= 11 is 5.85. The van der Waals surface area contributed by atoms with E-state index in [0.29, 0.717) is 17.0 Å². The minimum Gasteiger partial charge on any atom is -0.392 e. The number of aromatic nitrogens is 2. The fraction of sp³-hybridized carbons (Fsp3) is 0.308. The van der Waals surface area contributed by atoms with E-state index in [1.54, 1.807) is 17.9 Å². The molecule has 8 heteroatoms. The average Bonchev–Trinajstić information content (AvgIpc) is 2.84. The Bertz CT molecular complexity index is 728. The van der Waals surface area contributed by atoms with Gasteiger partial charge in [0, 0.05) is 36.9 Å². The fourth-order valence-electron chi connectivity index (χ4n) is 1.88. The van der Waals surface area contributed by atoms with Gasteiger partial charge in [-0.3, -0.25) is 4.68 Å². The lowest BCUT2D eigenvalue weighted by Gasteiger charge is -2.09. The van der Waals surface area contributed by atoms with Crippen LogP contribution in [0.25, 0.3) is 0 Å². The maximum absolute atomic E-state index is 12.2. The molecule has 1 aromatic carbocycles. The number of halogens is 1. The van der Waals surface area contributed by atoms with E-state index in [1.165, 1.54) is 18.2 Å². The van der Waals surface area contributed by atoms with Crippen LogP contribution in [-0.2, 0) is 30.1 Å². The third kappa shape index (κ3) is 3.82. The third-order valence-electron chi connectivity index (χ3n) is 3.09. The first-order valence-electron chi connectivity index (χ1n) is 6.30. The van der Waals surface area contributed by atoms with Gasteiger partial charge in [0.2, 0.25) is 10.0 Å². The van der Waals surface area contributed by atoms with Crippen molar-refractivity contribution in [1.29, 1.82) is 0 Å². The highest BCUT2D eigenvalue weighted by Gasteiger charge is 2.15. The minimum atomic E-state index is -3.63. The molecule has 1 heterocycles. The minimum absolute atomic E-state index is 0.0842. The molecule has 2 rings (SSSR count). The molecule has 0 aliphatic heterocycles. The smallest absolute Gasteiger partial charge is 0.240 e. The molecular weight excluding hydrogens is 314 g/mol. The summed E-state index contributed by atoms with van der Waals surface area (Å²) in [4.78, 5) is 0.0842. The molecule has 2 N–H and O–H groups in total. The van der Waals surface area contributed by atoms with Crippen LogP contribution in [0.5, 0.6) is 0 Å². The number of rotatable bonds is 6. The number of aliphatic hydroxyl groups excluding tert-OH is 1. The van der Waals surface area contributed by atoms with Gasteiger partial charge in [0.1, 0.15) is 0 Å². The predicted molar refractivity (Wildman–Crippen MR) is 79.5 cm³/mol. The molecule has 0 spiro atoms. The zero-order valence-corrected chi connectivity index (χ0v) is 13.0. The summed E-state index contributed by atoms with van der Waals surface area (Å²) in [5.41, 5.74) is 1.32. The summed E-state index contributed by atoms with van der Waals surface area (Å²) in [7, 11) is -1.82. The molecule has 2 aromatic rings. The van der Waals surface area contributed by atoms with Crippen molar-refractivity contribution in [1.82, 2.24) is 14.5 Å². The van der Waals surface area contributed by atoms with Crippen LogP contribution in [0, 0.1) is 0 Å². The molecule has 6 nitrogen and oxygen atoms in total. The van der Waals surface area contributed by atoms with Gasteiger partial charge in [-0.05, 0) is 29.8 Å². The van der Waals surface area contributed by atoms with Crippen LogP contribution in [0.1, 0.15) is 11.3 Å². The van der Waals surface area contributed by atoms with Gasteiger partial charge in [0.25, 0.3) is 0 Å². The maximum atomic E-state index is 12.2. The monoisotopic (exact) mass is 329 g/mol. The van der Waals surface area contributed by atoms with Crippen LogP contribution in [0.15, 0.2) is 35.4 Å². The second-order valence-electron chi connectivity index (χ2n) is 4.51. The largest absolute Gasteiger partial charge is 0.392 e. The molecule has 0 unspecified atom stereocenters. The van der Waals surface area contributed by atoms with Gasteiger partial charge in [-0.1, -0.05) is 11.6 Å². The van der Waals surface area contributed by atoms with Crippen LogP contribution in [0.3, 0.4) is 0 Å². The highest BCUT2D eigenvalue weighted by atomic mass is 35.5. The summed E-state index contributed by atoms with van der Waals surface area (Å²) in [5.74, 6) is 0. The van der Waals surface area contributed by atoms with Crippen LogP contribution in [-0.4, -0.2) is 29.8 Å². The summed E-state index contributed by atoms with van der Waals surface area (Å²) in [6, 6.07) is 6.08. The van der Waals surface area contributed by atoms with Crippen molar-refractivity contribution in [3.05, 3.63) is 46.7 Å². The Morgan fingerprint density at radius 1 is 1.38 bits per heavy atom. The molecule has 0 bridgehead atoms. The zero-order chi connectivity index (χ0) is 15.5. The standard InChI is InChI=1S/C13H16ClN3O3S/c1-17-11(4-6-15-17)5-7-16-21(19,20)12-2-3-13(14)10(8-12)9-18/h2-4,6,8,16,18H,5,7,9H2,1H3. The number of hydrogen-bond donors (Lipinski definition) is 2. The van der Waals surface area contributed by atoms with Gasteiger partial charge in [0.15, 0.2) is 0 Å². The molecule has 0 amide bonds. The quantitative estimate of drug-likeness (QED) is 0.830. The lowest BCUT2D eigenvalue weighted by Crippen LogP contribution is -2.26. The summed E-state index contributed by atoms with van der Waals surface area (Å²) < 4.78 is 28.5. The van der Waals surface area contributed by atoms with E-state index in [-0.39, 0.29) is 18.0 Å². The van der Waals surface area contributed by atoms with Gasteiger partial charge in [0.05, 0.1) is 11.5 Å². The van der Waals surface area contributed by atoms with E-state index >= 15 is 0 Å². The van der Waals surface area contributed by atoms with Crippen molar-refractivity contribution in [2.45, 2.75) is 17.9 Å². The predicted octanol–water partition coefficient (Wildman–Crippen LogP) is 1.09. The zero-order valence-electron chi connectivity index (χ0n) is 11.5. The molecule has 0 aliphatic rings. The van der Waals surface area contributed by atoms with E-state index in [4.69, 9.17) is 16.7 Å². The molecule has 0 saturated heterocycles. The SMILES string of the molecule is Cn1nccc1CCNS(=O)(=O)c1ccc(Cl)c(CO)c1. The number of hydrogen-bond acceptors (Lipinski definition) is 4.